The highest BCUT2D eigenvalue weighted by atomic mass is 16.3. The molecule has 5 rings (SSSR count). The molecule has 11 heteroatoms. The summed E-state index contributed by atoms with van der Waals surface area (Å²) in [6, 6.07) is 0.0313. The summed E-state index contributed by atoms with van der Waals surface area (Å²) in [7, 11) is 0. The van der Waals surface area contributed by atoms with Gasteiger partial charge in [0.05, 0.1) is 35.8 Å². The number of nitrogen functional groups attached to an aromatic ring is 1. The minimum absolute atomic E-state index is 0.0157. The normalized spacial score (nSPS) is 22.2. The fourth-order valence-corrected chi connectivity index (χ4v) is 5.77. The Morgan fingerprint density at radius 3 is 2.46 bits per heavy atom. The summed E-state index contributed by atoms with van der Waals surface area (Å²) >= 11 is 0. The highest BCUT2D eigenvalue weighted by Crippen LogP contribution is 2.44. The zero-order valence-electron chi connectivity index (χ0n) is 20.2. The van der Waals surface area contributed by atoms with Crippen LogP contribution in [0.5, 0.6) is 0 Å². The first-order valence-corrected chi connectivity index (χ1v) is 11.9. The van der Waals surface area contributed by atoms with Crippen LogP contribution in [0.25, 0.3) is 16.8 Å². The summed E-state index contributed by atoms with van der Waals surface area (Å²) < 4.78 is 3.15. The van der Waals surface area contributed by atoms with Crippen LogP contribution in [-0.2, 0) is 11.3 Å². The predicted octanol–water partition coefficient (Wildman–Crippen LogP) is 1.38. The van der Waals surface area contributed by atoms with Crippen LogP contribution in [0.2, 0.25) is 0 Å². The summed E-state index contributed by atoms with van der Waals surface area (Å²) in [6.45, 7) is 4.75. The van der Waals surface area contributed by atoms with E-state index in [0.717, 1.165) is 24.0 Å². The fraction of sp³-hybridized carbons (Fsp3) is 0.542. The molecule has 11 nitrogen and oxygen atoms in total. The summed E-state index contributed by atoms with van der Waals surface area (Å²) in [5, 5.41) is 28.3. The average molecular weight is 482 g/mol. The van der Waals surface area contributed by atoms with Crippen molar-refractivity contribution in [2.75, 3.05) is 12.3 Å². The molecule has 3 aromatic rings. The molecular weight excluding hydrogens is 450 g/mol. The third-order valence-electron chi connectivity index (χ3n) is 7.10. The lowest BCUT2D eigenvalue weighted by Crippen LogP contribution is -2.47. The largest absolute Gasteiger partial charge is 0.389 e. The molecule has 3 aromatic heterocycles. The van der Waals surface area contributed by atoms with Gasteiger partial charge in [0, 0.05) is 35.3 Å². The van der Waals surface area contributed by atoms with Crippen LogP contribution in [0.15, 0.2) is 18.6 Å². The van der Waals surface area contributed by atoms with Gasteiger partial charge in [-0.1, -0.05) is 0 Å². The number of carbonyl (C=O) groups excluding carboxylic acids is 2. The number of ketones is 1. The van der Waals surface area contributed by atoms with Gasteiger partial charge in [0.2, 0.25) is 5.91 Å². The lowest BCUT2D eigenvalue weighted by molar-refractivity contribution is -0.138. The first-order chi connectivity index (χ1) is 16.6. The van der Waals surface area contributed by atoms with E-state index in [1.165, 1.54) is 11.4 Å². The summed E-state index contributed by atoms with van der Waals surface area (Å²) in [4.78, 5) is 31.7. The predicted molar refractivity (Wildman–Crippen MR) is 128 cm³/mol. The number of aliphatic hydroxyl groups excluding tert-OH is 1. The SMILES string of the molecule is CC(=O)c1c(C2C[C@H]3CC[C@@H](C2)N3C(=O)CO)nc2c(-c3cnn(CC(C)(C)O)c3)cnn2c1N. The number of aliphatic hydroxyl groups is 2. The van der Waals surface area contributed by atoms with Crippen LogP contribution in [0.1, 0.15) is 68.4 Å². The van der Waals surface area contributed by atoms with Gasteiger partial charge in [-0.15, -0.1) is 0 Å². The quantitative estimate of drug-likeness (QED) is 0.447. The molecule has 5 heterocycles. The van der Waals surface area contributed by atoms with Crippen molar-refractivity contribution >= 4 is 23.2 Å². The molecule has 2 aliphatic heterocycles. The van der Waals surface area contributed by atoms with E-state index < -0.39 is 12.2 Å². The van der Waals surface area contributed by atoms with Crippen molar-refractivity contribution in [1.29, 1.82) is 0 Å². The standard InChI is InChI=1S/C24H31N7O4/c1-13(33)20-21(14-6-16-4-5-17(7-14)30(16)19(34)11-32)28-23-18(9-27-31(23)22(20)25)15-8-26-29(10-15)12-24(2,3)35/h8-10,14,16-17,32,35H,4-7,11-12,25H2,1-3H3/t14?,16-,17+. The van der Waals surface area contributed by atoms with Gasteiger partial charge in [-0.2, -0.15) is 14.7 Å². The molecule has 2 fully saturated rings. The lowest BCUT2D eigenvalue weighted by atomic mass is 9.85. The Labute approximate surface area is 202 Å². The van der Waals surface area contributed by atoms with E-state index >= 15 is 0 Å². The van der Waals surface area contributed by atoms with Gasteiger partial charge in [0.1, 0.15) is 12.4 Å². The molecule has 0 aliphatic carbocycles. The van der Waals surface area contributed by atoms with E-state index in [1.807, 2.05) is 11.1 Å². The Bertz CT molecular complexity index is 1290. The number of carbonyl (C=O) groups is 2. The van der Waals surface area contributed by atoms with Gasteiger partial charge in [-0.05, 0) is 46.5 Å². The van der Waals surface area contributed by atoms with Crippen molar-refractivity contribution in [1.82, 2.24) is 29.3 Å². The average Bonchev–Trinajstić information content (AvgIpc) is 3.47. The second kappa shape index (κ2) is 8.42. The molecule has 2 aliphatic rings. The van der Waals surface area contributed by atoms with Gasteiger partial charge in [-0.25, -0.2) is 4.98 Å². The number of nitrogens with zero attached hydrogens (tertiary/aromatic N) is 6. The van der Waals surface area contributed by atoms with Crippen LogP contribution in [-0.4, -0.2) is 75.5 Å². The maximum Gasteiger partial charge on any atom is 0.248 e. The van der Waals surface area contributed by atoms with Crippen molar-refractivity contribution < 1.29 is 19.8 Å². The van der Waals surface area contributed by atoms with E-state index in [1.54, 1.807) is 30.9 Å². The number of hydrogen-bond acceptors (Lipinski definition) is 8. The number of rotatable bonds is 6. The Kier molecular flexibility index (Phi) is 5.64. The summed E-state index contributed by atoms with van der Waals surface area (Å²) in [5.74, 6) is -0.217. The molecule has 186 valence electrons. The number of hydrogen-bond donors (Lipinski definition) is 3. The molecule has 0 aromatic carbocycles. The highest BCUT2D eigenvalue weighted by molar-refractivity contribution is 6.00. The van der Waals surface area contributed by atoms with E-state index in [4.69, 9.17) is 10.7 Å². The number of piperidine rings is 1. The molecule has 0 spiro atoms. The molecule has 1 amide bonds. The van der Waals surface area contributed by atoms with Crippen molar-refractivity contribution in [2.24, 2.45) is 0 Å². The minimum atomic E-state index is -0.914. The van der Waals surface area contributed by atoms with E-state index in [9.17, 15) is 19.8 Å². The summed E-state index contributed by atoms with van der Waals surface area (Å²) in [6.07, 6.45) is 8.25. The third-order valence-corrected chi connectivity index (χ3v) is 7.10. The van der Waals surface area contributed by atoms with Gasteiger partial charge >= 0.3 is 0 Å². The van der Waals surface area contributed by atoms with Crippen LogP contribution < -0.4 is 5.73 Å². The van der Waals surface area contributed by atoms with Crippen LogP contribution in [0.3, 0.4) is 0 Å². The first kappa shape index (κ1) is 23.4. The number of Topliss-reactive ketones (excluding diaryl/α,β-unsaturated/α-hetero) is 1. The Morgan fingerprint density at radius 1 is 1.17 bits per heavy atom. The molecule has 35 heavy (non-hydrogen) atoms. The molecule has 2 bridgehead atoms. The van der Waals surface area contributed by atoms with Crippen LogP contribution >= 0.6 is 0 Å². The number of nitrogens with two attached hydrogens (primary N) is 1. The van der Waals surface area contributed by atoms with E-state index in [-0.39, 0.29) is 35.5 Å². The smallest absolute Gasteiger partial charge is 0.248 e. The Hall–Kier alpha value is -3.31. The number of amides is 1. The van der Waals surface area contributed by atoms with Crippen molar-refractivity contribution in [3.8, 4) is 11.1 Å². The molecule has 3 atom stereocenters. The number of aromatic nitrogens is 5. The fourth-order valence-electron chi connectivity index (χ4n) is 5.77. The first-order valence-electron chi connectivity index (χ1n) is 11.9. The zero-order chi connectivity index (χ0) is 25.1. The van der Waals surface area contributed by atoms with E-state index in [0.29, 0.717) is 36.3 Å². The van der Waals surface area contributed by atoms with Crippen LogP contribution in [0.4, 0.5) is 5.82 Å². The number of anilines is 1. The summed E-state index contributed by atoms with van der Waals surface area (Å²) in [5.41, 5.74) is 8.61. The molecule has 2 saturated heterocycles. The highest BCUT2D eigenvalue weighted by Gasteiger charge is 2.44. The van der Waals surface area contributed by atoms with Gasteiger partial charge in [0.25, 0.3) is 0 Å². The molecular formula is C24H31N7O4. The topological polar surface area (TPSA) is 152 Å². The number of fused-ring (bicyclic) bond motifs is 3. The monoisotopic (exact) mass is 481 g/mol. The van der Waals surface area contributed by atoms with Crippen molar-refractivity contribution in [3.05, 3.63) is 29.8 Å². The molecule has 4 N–H and O–H groups in total. The van der Waals surface area contributed by atoms with Crippen molar-refractivity contribution in [3.63, 3.8) is 0 Å². The molecule has 0 saturated carbocycles. The second-order valence-electron chi connectivity index (χ2n) is 10.4. The van der Waals surface area contributed by atoms with Crippen molar-refractivity contribution in [2.45, 2.75) is 76.6 Å². The molecule has 1 unspecified atom stereocenters. The Morgan fingerprint density at radius 2 is 1.86 bits per heavy atom. The van der Waals surface area contributed by atoms with Gasteiger partial charge < -0.3 is 20.8 Å². The maximum atomic E-state index is 12.7. The molecule has 0 radical (unpaired) electrons. The van der Waals surface area contributed by atoms with Crippen LogP contribution in [0, 0.1) is 0 Å². The second-order valence-corrected chi connectivity index (χ2v) is 10.4. The minimum Gasteiger partial charge on any atom is -0.389 e. The lowest BCUT2D eigenvalue weighted by Gasteiger charge is -2.39. The zero-order valence-corrected chi connectivity index (χ0v) is 20.2. The van der Waals surface area contributed by atoms with E-state index in [2.05, 4.69) is 10.2 Å². The van der Waals surface area contributed by atoms with Gasteiger partial charge in [-0.3, -0.25) is 14.3 Å². The Balaban J connectivity index is 1.57. The van der Waals surface area contributed by atoms with Gasteiger partial charge in [0.15, 0.2) is 11.4 Å². The third kappa shape index (κ3) is 4.08. The maximum absolute atomic E-state index is 12.7.